The summed E-state index contributed by atoms with van der Waals surface area (Å²) in [6.45, 7) is 1.94. The zero-order valence-electron chi connectivity index (χ0n) is 15.1. The van der Waals surface area contributed by atoms with E-state index in [0.29, 0.717) is 18.3 Å². The van der Waals surface area contributed by atoms with Gasteiger partial charge in [-0.2, -0.15) is 4.98 Å². The molecule has 144 valence electrons. The van der Waals surface area contributed by atoms with Crippen LogP contribution in [0.5, 0.6) is 0 Å². The van der Waals surface area contributed by atoms with E-state index in [2.05, 4.69) is 20.8 Å². The van der Waals surface area contributed by atoms with Gasteiger partial charge in [0.05, 0.1) is 6.42 Å². The molecule has 1 heterocycles. The fourth-order valence-corrected chi connectivity index (χ4v) is 2.07. The van der Waals surface area contributed by atoms with E-state index in [4.69, 9.17) is 9.26 Å². The molecule has 0 aliphatic heterocycles. The van der Waals surface area contributed by atoms with Crippen LogP contribution in [0.4, 0.5) is 4.79 Å². The number of carbonyl (C=O) groups excluding carboxylic acids is 3. The summed E-state index contributed by atoms with van der Waals surface area (Å²) in [4.78, 5) is 38.8. The van der Waals surface area contributed by atoms with Crippen molar-refractivity contribution in [2.75, 3.05) is 13.2 Å². The van der Waals surface area contributed by atoms with Gasteiger partial charge in [0.1, 0.15) is 0 Å². The van der Waals surface area contributed by atoms with Crippen molar-refractivity contribution in [3.63, 3.8) is 0 Å². The average Bonchev–Trinajstić information content (AvgIpc) is 3.15. The van der Waals surface area contributed by atoms with Gasteiger partial charge in [-0.25, -0.2) is 4.79 Å². The Morgan fingerprint density at radius 1 is 1.19 bits per heavy atom. The Labute approximate surface area is 156 Å². The number of aryl methyl sites for hydroxylation is 1. The van der Waals surface area contributed by atoms with Crippen molar-refractivity contribution in [1.82, 2.24) is 20.8 Å². The predicted molar refractivity (Wildman–Crippen MR) is 95.5 cm³/mol. The molecule has 1 aromatic heterocycles. The van der Waals surface area contributed by atoms with E-state index in [-0.39, 0.29) is 12.8 Å². The maximum absolute atomic E-state index is 11.7. The fourth-order valence-electron chi connectivity index (χ4n) is 2.07. The Kier molecular flexibility index (Phi) is 7.95. The van der Waals surface area contributed by atoms with E-state index < -0.39 is 24.5 Å². The number of nitrogens with zero attached hydrogens (tertiary/aromatic N) is 2. The van der Waals surface area contributed by atoms with Gasteiger partial charge in [0.15, 0.2) is 6.61 Å². The smallest absolute Gasteiger partial charge is 0.321 e. The third-order valence-corrected chi connectivity index (χ3v) is 3.48. The largest absolute Gasteiger partial charge is 0.456 e. The quantitative estimate of drug-likeness (QED) is 0.507. The minimum atomic E-state index is -0.693. The summed E-state index contributed by atoms with van der Waals surface area (Å²) < 4.78 is 9.92. The second-order valence-electron chi connectivity index (χ2n) is 5.70. The number of hydrogen-bond donors (Lipinski definition) is 2. The molecule has 1 aromatic carbocycles. The number of hydrogen-bond acceptors (Lipinski definition) is 7. The number of unbranched alkanes of at least 4 members (excludes halogenated alkanes) is 1. The first-order valence-corrected chi connectivity index (χ1v) is 8.69. The number of rotatable bonds is 9. The minimum absolute atomic E-state index is 0.0214. The lowest BCUT2D eigenvalue weighted by Crippen LogP contribution is -2.41. The van der Waals surface area contributed by atoms with Crippen molar-refractivity contribution >= 4 is 17.9 Å². The third kappa shape index (κ3) is 7.27. The highest BCUT2D eigenvalue weighted by atomic mass is 16.5. The van der Waals surface area contributed by atoms with Gasteiger partial charge in [0, 0.05) is 18.5 Å². The van der Waals surface area contributed by atoms with Crippen LogP contribution in [0.2, 0.25) is 0 Å². The molecule has 0 atom stereocenters. The molecule has 9 nitrogen and oxygen atoms in total. The molecule has 0 unspecified atom stereocenters. The number of urea groups is 1. The maximum Gasteiger partial charge on any atom is 0.321 e. The number of ether oxygens (including phenoxy) is 1. The Morgan fingerprint density at radius 3 is 2.70 bits per heavy atom. The number of benzene rings is 1. The van der Waals surface area contributed by atoms with E-state index >= 15 is 0 Å². The number of carbonyl (C=O) groups is 3. The molecule has 2 aromatic rings. The fraction of sp³-hybridized carbons (Fsp3) is 0.389. The molecule has 27 heavy (non-hydrogen) atoms. The molecule has 0 aliphatic rings. The van der Waals surface area contributed by atoms with E-state index in [9.17, 15) is 14.4 Å². The van der Waals surface area contributed by atoms with Gasteiger partial charge >= 0.3 is 12.0 Å². The summed E-state index contributed by atoms with van der Waals surface area (Å²) in [5.41, 5.74) is 0.809. The van der Waals surface area contributed by atoms with E-state index in [1.54, 1.807) is 0 Å². The van der Waals surface area contributed by atoms with Gasteiger partial charge in [-0.15, -0.1) is 0 Å². The molecule has 0 saturated heterocycles. The van der Waals surface area contributed by atoms with Crippen molar-refractivity contribution in [2.24, 2.45) is 0 Å². The van der Waals surface area contributed by atoms with Crippen LogP contribution in [0.15, 0.2) is 34.9 Å². The number of esters is 1. The Bertz CT molecular complexity index is 760. The van der Waals surface area contributed by atoms with Crippen LogP contribution in [0.25, 0.3) is 11.4 Å². The molecule has 0 saturated carbocycles. The van der Waals surface area contributed by atoms with Crippen LogP contribution >= 0.6 is 0 Å². The monoisotopic (exact) mass is 374 g/mol. The van der Waals surface area contributed by atoms with Crippen LogP contribution < -0.4 is 10.6 Å². The van der Waals surface area contributed by atoms with Gasteiger partial charge in [0.2, 0.25) is 11.7 Å². The van der Waals surface area contributed by atoms with Crippen LogP contribution in [0.3, 0.4) is 0 Å². The standard InChI is InChI=1S/C18H22N4O5/c1-2-3-11-19-18(25)20-14(23)12-26-16(24)10-9-15-21-17(22-27-15)13-7-5-4-6-8-13/h4-8H,2-3,9-12H2,1H3,(H2,19,20,23,25). The van der Waals surface area contributed by atoms with Gasteiger partial charge in [0.25, 0.3) is 5.91 Å². The summed E-state index contributed by atoms with van der Waals surface area (Å²) in [7, 11) is 0. The summed E-state index contributed by atoms with van der Waals surface area (Å²) in [5, 5.41) is 8.46. The summed E-state index contributed by atoms with van der Waals surface area (Å²) in [6, 6.07) is 8.69. The van der Waals surface area contributed by atoms with Crippen molar-refractivity contribution in [3.8, 4) is 11.4 Å². The lowest BCUT2D eigenvalue weighted by atomic mass is 10.2. The van der Waals surface area contributed by atoms with Crippen molar-refractivity contribution in [2.45, 2.75) is 32.6 Å². The molecule has 0 radical (unpaired) electrons. The highest BCUT2D eigenvalue weighted by Gasteiger charge is 2.13. The molecule has 0 aliphatic carbocycles. The zero-order valence-corrected chi connectivity index (χ0v) is 15.1. The molecule has 2 N–H and O–H groups in total. The second kappa shape index (κ2) is 10.7. The molecule has 0 fully saturated rings. The number of nitrogens with one attached hydrogen (secondary N) is 2. The first-order valence-electron chi connectivity index (χ1n) is 8.69. The van der Waals surface area contributed by atoms with E-state index in [1.807, 2.05) is 37.3 Å². The zero-order chi connectivity index (χ0) is 19.5. The molecule has 0 bridgehead atoms. The van der Waals surface area contributed by atoms with Gasteiger partial charge in [-0.1, -0.05) is 48.8 Å². The second-order valence-corrected chi connectivity index (χ2v) is 5.70. The van der Waals surface area contributed by atoms with Gasteiger partial charge in [-0.3, -0.25) is 14.9 Å². The summed E-state index contributed by atoms with van der Waals surface area (Å²) >= 11 is 0. The first-order chi connectivity index (χ1) is 13.1. The normalized spacial score (nSPS) is 10.3. The highest BCUT2D eigenvalue weighted by molar-refractivity contribution is 5.95. The maximum atomic E-state index is 11.7. The Balaban J connectivity index is 1.67. The SMILES string of the molecule is CCCCNC(=O)NC(=O)COC(=O)CCc1nc(-c2ccccc2)no1. The van der Waals surface area contributed by atoms with Crippen LogP contribution in [0.1, 0.15) is 32.1 Å². The van der Waals surface area contributed by atoms with Crippen molar-refractivity contribution < 1.29 is 23.6 Å². The summed E-state index contributed by atoms with van der Waals surface area (Å²) in [5.74, 6) is -0.560. The summed E-state index contributed by atoms with van der Waals surface area (Å²) in [6.07, 6.45) is 1.92. The highest BCUT2D eigenvalue weighted by Crippen LogP contribution is 2.15. The molecule has 9 heteroatoms. The third-order valence-electron chi connectivity index (χ3n) is 3.48. The Morgan fingerprint density at radius 2 is 1.96 bits per heavy atom. The molecule has 2 rings (SSSR count). The molecule has 3 amide bonds. The molecule has 0 spiro atoms. The number of imide groups is 1. The Hall–Kier alpha value is -3.23. The van der Waals surface area contributed by atoms with Gasteiger partial charge < -0.3 is 14.6 Å². The van der Waals surface area contributed by atoms with Crippen molar-refractivity contribution in [1.29, 1.82) is 0 Å². The number of aromatic nitrogens is 2. The van der Waals surface area contributed by atoms with Gasteiger partial charge in [-0.05, 0) is 6.42 Å². The molecular weight excluding hydrogens is 352 g/mol. The topological polar surface area (TPSA) is 123 Å². The van der Waals surface area contributed by atoms with Crippen molar-refractivity contribution in [3.05, 3.63) is 36.2 Å². The number of amides is 3. The van der Waals surface area contributed by atoms with Crippen LogP contribution in [-0.4, -0.2) is 41.2 Å². The predicted octanol–water partition coefficient (Wildman–Crippen LogP) is 1.84. The molecular formula is C18H22N4O5. The van der Waals surface area contributed by atoms with E-state index in [0.717, 1.165) is 18.4 Å². The average molecular weight is 374 g/mol. The lowest BCUT2D eigenvalue weighted by Gasteiger charge is -2.06. The first kappa shape index (κ1) is 20.1. The lowest BCUT2D eigenvalue weighted by molar-refractivity contribution is -0.148. The van der Waals surface area contributed by atoms with Crippen LogP contribution in [-0.2, 0) is 20.7 Å². The van der Waals surface area contributed by atoms with Crippen LogP contribution in [0, 0.1) is 0 Å². The van der Waals surface area contributed by atoms with E-state index in [1.165, 1.54) is 0 Å². The minimum Gasteiger partial charge on any atom is -0.456 e.